The maximum atomic E-state index is 10.9. The summed E-state index contributed by atoms with van der Waals surface area (Å²) in [6.07, 6.45) is 2.23. The topological polar surface area (TPSA) is 89.0 Å². The zero-order chi connectivity index (χ0) is 14.4. The first kappa shape index (κ1) is 13.5. The molecule has 1 heterocycles. The largest absolute Gasteiger partial charge is 0.486 e. The van der Waals surface area contributed by atoms with Crippen molar-refractivity contribution in [3.05, 3.63) is 64.0 Å². The summed E-state index contributed by atoms with van der Waals surface area (Å²) in [6.45, 7) is 0.282. The lowest BCUT2D eigenvalue weighted by atomic mass is 10.2. The molecule has 0 atom stereocenters. The van der Waals surface area contributed by atoms with Crippen molar-refractivity contribution in [3.63, 3.8) is 0 Å². The molecule has 1 aromatic heterocycles. The average Bonchev–Trinajstić information content (AvgIpc) is 2.48. The summed E-state index contributed by atoms with van der Waals surface area (Å²) < 4.78 is 5.41. The van der Waals surface area contributed by atoms with Gasteiger partial charge >= 0.3 is 5.69 Å². The van der Waals surface area contributed by atoms with Gasteiger partial charge in [0.2, 0.25) is 0 Å². The molecule has 2 aromatic rings. The third kappa shape index (κ3) is 3.29. The fourth-order valence-electron chi connectivity index (χ4n) is 1.66. The fourth-order valence-corrected chi connectivity index (χ4v) is 1.66. The van der Waals surface area contributed by atoms with Crippen LogP contribution in [0.4, 0.5) is 5.69 Å². The molecule has 1 aromatic carbocycles. The van der Waals surface area contributed by atoms with E-state index >= 15 is 0 Å². The molecule has 0 saturated carbocycles. The molecule has 0 bridgehead atoms. The van der Waals surface area contributed by atoms with Gasteiger partial charge in [-0.25, -0.2) is 0 Å². The molecular weight excluding hydrogens is 258 g/mol. The van der Waals surface area contributed by atoms with Gasteiger partial charge in [-0.3, -0.25) is 15.1 Å². The molecule has 20 heavy (non-hydrogen) atoms. The average molecular weight is 269 g/mol. The van der Waals surface area contributed by atoms with Crippen LogP contribution in [-0.4, -0.2) is 16.5 Å². The van der Waals surface area contributed by atoms with Gasteiger partial charge in [0.15, 0.2) is 5.75 Å². The molecule has 0 aliphatic rings. The number of benzene rings is 1. The molecular formula is C14H11N3O3. The highest BCUT2D eigenvalue weighted by Crippen LogP contribution is 2.27. The van der Waals surface area contributed by atoms with Crippen molar-refractivity contribution in [1.29, 1.82) is 5.26 Å². The highest BCUT2D eigenvalue weighted by atomic mass is 16.6. The number of rotatable bonds is 5. The summed E-state index contributed by atoms with van der Waals surface area (Å²) in [7, 11) is 0. The van der Waals surface area contributed by atoms with E-state index in [4.69, 9.17) is 10.00 Å². The molecule has 2 rings (SSSR count). The highest BCUT2D eigenvalue weighted by molar-refractivity contribution is 5.51. The van der Waals surface area contributed by atoms with Crippen LogP contribution < -0.4 is 4.74 Å². The molecule has 100 valence electrons. The van der Waals surface area contributed by atoms with Gasteiger partial charge in [-0.2, -0.15) is 5.26 Å². The number of ether oxygens (including phenoxy) is 1. The van der Waals surface area contributed by atoms with E-state index in [1.54, 1.807) is 6.20 Å². The van der Waals surface area contributed by atoms with Crippen molar-refractivity contribution in [2.24, 2.45) is 0 Å². The Morgan fingerprint density at radius 1 is 1.35 bits per heavy atom. The smallest absolute Gasteiger partial charge is 0.312 e. The number of aromatic nitrogens is 1. The maximum Gasteiger partial charge on any atom is 0.312 e. The summed E-state index contributed by atoms with van der Waals surface area (Å²) in [4.78, 5) is 14.5. The van der Waals surface area contributed by atoms with Crippen LogP contribution in [0, 0.1) is 21.4 Å². The predicted molar refractivity (Wildman–Crippen MR) is 71.2 cm³/mol. The lowest BCUT2D eigenvalue weighted by Crippen LogP contribution is -2.04. The van der Waals surface area contributed by atoms with Crippen molar-refractivity contribution >= 4 is 5.69 Å². The Kier molecular flexibility index (Phi) is 4.24. The van der Waals surface area contributed by atoms with Gasteiger partial charge in [-0.15, -0.1) is 0 Å². The second-order valence-electron chi connectivity index (χ2n) is 3.97. The van der Waals surface area contributed by atoms with Crippen molar-refractivity contribution < 1.29 is 9.66 Å². The van der Waals surface area contributed by atoms with Gasteiger partial charge in [-0.1, -0.05) is 6.07 Å². The molecule has 0 unspecified atom stereocenters. The van der Waals surface area contributed by atoms with Crippen LogP contribution in [0.15, 0.2) is 42.6 Å². The van der Waals surface area contributed by atoms with Crippen LogP contribution in [0.1, 0.15) is 11.3 Å². The van der Waals surface area contributed by atoms with Gasteiger partial charge in [0, 0.05) is 24.4 Å². The minimum atomic E-state index is -0.559. The van der Waals surface area contributed by atoms with E-state index < -0.39 is 4.92 Å². The van der Waals surface area contributed by atoms with E-state index in [-0.39, 0.29) is 23.6 Å². The Hall–Kier alpha value is -2.94. The highest BCUT2D eigenvalue weighted by Gasteiger charge is 2.15. The summed E-state index contributed by atoms with van der Waals surface area (Å²) in [5.74, 6) is 0.157. The number of pyridine rings is 1. The molecule has 6 nitrogen and oxygen atoms in total. The van der Waals surface area contributed by atoms with E-state index in [0.29, 0.717) is 6.42 Å². The van der Waals surface area contributed by atoms with E-state index in [1.807, 2.05) is 24.3 Å². The zero-order valence-corrected chi connectivity index (χ0v) is 10.5. The summed E-state index contributed by atoms with van der Waals surface area (Å²) in [5.41, 5.74) is 0.877. The van der Waals surface area contributed by atoms with Crippen LogP contribution in [-0.2, 0) is 6.42 Å². The quantitative estimate of drug-likeness (QED) is 0.614. The molecule has 0 fully saturated rings. The van der Waals surface area contributed by atoms with Crippen LogP contribution in [0.25, 0.3) is 0 Å². The Balaban J connectivity index is 2.06. The fraction of sp³-hybridized carbons (Fsp3) is 0.143. The van der Waals surface area contributed by atoms with E-state index in [0.717, 1.165) is 5.69 Å². The molecule has 0 N–H and O–H groups in total. The first-order valence-corrected chi connectivity index (χ1v) is 5.92. The third-order valence-corrected chi connectivity index (χ3v) is 2.63. The van der Waals surface area contributed by atoms with Gasteiger partial charge in [0.1, 0.15) is 0 Å². The second kappa shape index (κ2) is 6.29. The molecule has 0 radical (unpaired) electrons. The zero-order valence-electron chi connectivity index (χ0n) is 10.5. The van der Waals surface area contributed by atoms with Gasteiger partial charge in [0.25, 0.3) is 0 Å². The number of nitro groups is 1. The lowest BCUT2D eigenvalue weighted by molar-refractivity contribution is -0.385. The molecule has 0 spiro atoms. The molecule has 0 aliphatic heterocycles. The molecule has 6 heteroatoms. The van der Waals surface area contributed by atoms with Crippen LogP contribution in [0.3, 0.4) is 0 Å². The van der Waals surface area contributed by atoms with E-state index in [1.165, 1.54) is 18.2 Å². The van der Waals surface area contributed by atoms with Gasteiger partial charge in [-0.05, 0) is 24.3 Å². The van der Waals surface area contributed by atoms with E-state index in [9.17, 15) is 10.1 Å². The number of hydrogen-bond acceptors (Lipinski definition) is 5. The predicted octanol–water partition coefficient (Wildman–Crippen LogP) is 2.48. The van der Waals surface area contributed by atoms with Gasteiger partial charge < -0.3 is 4.74 Å². The molecule has 0 amide bonds. The van der Waals surface area contributed by atoms with Crippen LogP contribution >= 0.6 is 0 Å². The van der Waals surface area contributed by atoms with Crippen molar-refractivity contribution in [3.8, 4) is 11.8 Å². The number of hydrogen-bond donors (Lipinski definition) is 0. The molecule has 0 aliphatic carbocycles. The number of nitrogens with zero attached hydrogens (tertiary/aromatic N) is 3. The van der Waals surface area contributed by atoms with Gasteiger partial charge in [0.05, 0.1) is 23.2 Å². The van der Waals surface area contributed by atoms with E-state index in [2.05, 4.69) is 4.98 Å². The SMILES string of the molecule is N#Cc1ccc(OCCc2ccccn2)c([N+](=O)[O-])c1. The van der Waals surface area contributed by atoms with Crippen LogP contribution in [0.2, 0.25) is 0 Å². The molecule has 0 saturated heterocycles. The Morgan fingerprint density at radius 3 is 2.85 bits per heavy atom. The van der Waals surface area contributed by atoms with Crippen molar-refractivity contribution in [1.82, 2.24) is 4.98 Å². The standard InChI is InChI=1S/C14H11N3O3/c15-10-11-4-5-14(13(9-11)17(18)19)20-8-6-12-3-1-2-7-16-12/h1-5,7,9H,6,8H2. The maximum absolute atomic E-state index is 10.9. The Morgan fingerprint density at radius 2 is 2.20 bits per heavy atom. The van der Waals surface area contributed by atoms with Crippen LogP contribution in [0.5, 0.6) is 5.75 Å². The summed E-state index contributed by atoms with van der Waals surface area (Å²) in [6, 6.07) is 11.5. The first-order chi connectivity index (χ1) is 9.70. The number of nitro benzene ring substituents is 1. The Bertz CT molecular complexity index is 650. The normalized spacial score (nSPS) is 9.75. The first-order valence-electron chi connectivity index (χ1n) is 5.92. The van der Waals surface area contributed by atoms with Crippen molar-refractivity contribution in [2.45, 2.75) is 6.42 Å². The lowest BCUT2D eigenvalue weighted by Gasteiger charge is -2.06. The third-order valence-electron chi connectivity index (χ3n) is 2.63. The number of nitriles is 1. The minimum absolute atomic E-state index is 0.157. The summed E-state index contributed by atoms with van der Waals surface area (Å²) >= 11 is 0. The summed E-state index contributed by atoms with van der Waals surface area (Å²) in [5, 5.41) is 19.7. The van der Waals surface area contributed by atoms with Crippen molar-refractivity contribution in [2.75, 3.05) is 6.61 Å². The Labute approximate surface area is 115 Å². The monoisotopic (exact) mass is 269 g/mol. The second-order valence-corrected chi connectivity index (χ2v) is 3.97. The minimum Gasteiger partial charge on any atom is -0.486 e.